The van der Waals surface area contributed by atoms with Crippen LogP contribution in [0, 0.1) is 0 Å². The number of imidazole rings is 1. The van der Waals surface area contributed by atoms with Crippen LogP contribution < -0.4 is 5.32 Å². The zero-order valence-electron chi connectivity index (χ0n) is 15.1. The molecule has 4 aromatic rings. The number of para-hydroxylation sites is 2. The summed E-state index contributed by atoms with van der Waals surface area (Å²) in [4.78, 5) is 4.81. The number of methoxy groups -OCH3 is 1. The third-order valence-electron chi connectivity index (χ3n) is 4.81. The number of ether oxygens (including phenoxy) is 1. The number of rotatable bonds is 7. The highest BCUT2D eigenvalue weighted by Gasteiger charge is 2.12. The van der Waals surface area contributed by atoms with E-state index in [0.717, 1.165) is 36.5 Å². The maximum atomic E-state index is 5.41. The lowest BCUT2D eigenvalue weighted by Crippen LogP contribution is -2.12. The summed E-state index contributed by atoms with van der Waals surface area (Å²) in [6.45, 7) is 3.75. The second kappa shape index (κ2) is 7.48. The highest BCUT2D eigenvalue weighted by atomic mass is 32.1. The molecule has 26 heavy (non-hydrogen) atoms. The Morgan fingerprint density at radius 2 is 1.96 bits per heavy atom. The first-order valence-electron chi connectivity index (χ1n) is 8.93. The normalized spacial score (nSPS) is 12.7. The molecule has 134 valence electrons. The highest BCUT2D eigenvalue weighted by Crippen LogP contribution is 2.27. The van der Waals surface area contributed by atoms with Gasteiger partial charge >= 0.3 is 0 Å². The molecule has 1 atom stereocenters. The summed E-state index contributed by atoms with van der Waals surface area (Å²) in [7, 11) is 1.76. The first-order chi connectivity index (χ1) is 12.8. The van der Waals surface area contributed by atoms with Crippen LogP contribution in [0.4, 0.5) is 5.95 Å². The fourth-order valence-electron chi connectivity index (χ4n) is 3.21. The summed E-state index contributed by atoms with van der Waals surface area (Å²) < 4.78 is 9.00. The van der Waals surface area contributed by atoms with Gasteiger partial charge in [0.05, 0.1) is 17.1 Å². The largest absolute Gasteiger partial charge is 0.382 e. The molecule has 2 aromatic carbocycles. The molecule has 0 spiro atoms. The minimum Gasteiger partial charge on any atom is -0.382 e. The minimum atomic E-state index is 0.227. The van der Waals surface area contributed by atoms with Crippen molar-refractivity contribution < 1.29 is 4.74 Å². The van der Waals surface area contributed by atoms with E-state index in [1.165, 1.54) is 15.6 Å². The van der Waals surface area contributed by atoms with Gasteiger partial charge in [0.2, 0.25) is 5.95 Å². The molecule has 4 rings (SSSR count). The molecule has 0 aliphatic carbocycles. The SMILES string of the molecule is COC(C)CCn1c(NCc2csc3ccccc23)nc2ccccc21. The Hall–Kier alpha value is -2.37. The van der Waals surface area contributed by atoms with Gasteiger partial charge in [0.1, 0.15) is 0 Å². The first-order valence-corrected chi connectivity index (χ1v) is 9.81. The van der Waals surface area contributed by atoms with Crippen LogP contribution in [0.15, 0.2) is 53.9 Å². The average Bonchev–Trinajstić information content (AvgIpc) is 3.25. The number of hydrogen-bond donors (Lipinski definition) is 1. The lowest BCUT2D eigenvalue weighted by atomic mass is 10.2. The number of benzene rings is 2. The molecule has 0 saturated heterocycles. The number of anilines is 1. The predicted molar refractivity (Wildman–Crippen MR) is 110 cm³/mol. The molecule has 0 bridgehead atoms. The number of aromatic nitrogens is 2. The van der Waals surface area contributed by atoms with Gasteiger partial charge in [-0.05, 0) is 47.9 Å². The van der Waals surface area contributed by atoms with E-state index in [9.17, 15) is 0 Å². The van der Waals surface area contributed by atoms with Crippen LogP contribution in [0.3, 0.4) is 0 Å². The van der Waals surface area contributed by atoms with Crippen LogP contribution >= 0.6 is 11.3 Å². The zero-order valence-corrected chi connectivity index (χ0v) is 15.9. The molecule has 0 fully saturated rings. The highest BCUT2D eigenvalue weighted by molar-refractivity contribution is 7.17. The molecule has 5 heteroatoms. The van der Waals surface area contributed by atoms with E-state index in [1.54, 1.807) is 18.4 Å². The van der Waals surface area contributed by atoms with Crippen molar-refractivity contribution in [3.8, 4) is 0 Å². The average molecular weight is 366 g/mol. The number of hydrogen-bond acceptors (Lipinski definition) is 4. The molecule has 0 aliphatic rings. The van der Waals surface area contributed by atoms with Gasteiger partial charge in [-0.3, -0.25) is 0 Å². The Morgan fingerprint density at radius 3 is 2.85 bits per heavy atom. The van der Waals surface area contributed by atoms with Crippen molar-refractivity contribution in [2.45, 2.75) is 32.5 Å². The maximum absolute atomic E-state index is 5.41. The summed E-state index contributed by atoms with van der Waals surface area (Å²) in [5.74, 6) is 0.921. The van der Waals surface area contributed by atoms with Gasteiger partial charge in [0.25, 0.3) is 0 Å². The Labute approximate surface area is 157 Å². The second-order valence-corrected chi connectivity index (χ2v) is 7.43. The lowest BCUT2D eigenvalue weighted by molar-refractivity contribution is 0.107. The molecule has 0 aliphatic heterocycles. The number of nitrogens with one attached hydrogen (secondary N) is 1. The van der Waals surface area contributed by atoms with E-state index >= 15 is 0 Å². The van der Waals surface area contributed by atoms with Gasteiger partial charge in [0.15, 0.2) is 0 Å². The van der Waals surface area contributed by atoms with E-state index in [-0.39, 0.29) is 6.10 Å². The fourth-order valence-corrected chi connectivity index (χ4v) is 4.17. The summed E-state index contributed by atoms with van der Waals surface area (Å²) in [5.41, 5.74) is 3.50. The molecule has 2 aromatic heterocycles. The maximum Gasteiger partial charge on any atom is 0.204 e. The van der Waals surface area contributed by atoms with Crippen molar-refractivity contribution in [1.29, 1.82) is 0 Å². The van der Waals surface area contributed by atoms with Crippen LogP contribution in [-0.4, -0.2) is 22.8 Å². The molecule has 0 radical (unpaired) electrons. The van der Waals surface area contributed by atoms with Gasteiger partial charge in [0, 0.05) is 24.9 Å². The van der Waals surface area contributed by atoms with Gasteiger partial charge < -0.3 is 14.6 Å². The number of fused-ring (bicyclic) bond motifs is 2. The molecular weight excluding hydrogens is 342 g/mol. The van der Waals surface area contributed by atoms with E-state index in [0.29, 0.717) is 0 Å². The van der Waals surface area contributed by atoms with E-state index in [2.05, 4.69) is 64.7 Å². The topological polar surface area (TPSA) is 39.1 Å². The van der Waals surface area contributed by atoms with Crippen LogP contribution in [0.2, 0.25) is 0 Å². The van der Waals surface area contributed by atoms with Gasteiger partial charge in [-0.25, -0.2) is 4.98 Å². The van der Waals surface area contributed by atoms with Crippen molar-refractivity contribution in [3.05, 3.63) is 59.5 Å². The van der Waals surface area contributed by atoms with E-state index < -0.39 is 0 Å². The summed E-state index contributed by atoms with van der Waals surface area (Å²) >= 11 is 1.79. The van der Waals surface area contributed by atoms with E-state index in [1.807, 2.05) is 6.07 Å². The third kappa shape index (κ3) is 3.32. The van der Waals surface area contributed by atoms with Crippen molar-refractivity contribution in [3.63, 3.8) is 0 Å². The number of nitrogens with zero attached hydrogens (tertiary/aromatic N) is 2. The predicted octanol–water partition coefficient (Wildman–Crippen LogP) is 5.29. The van der Waals surface area contributed by atoms with Gasteiger partial charge in [-0.15, -0.1) is 11.3 Å². The number of thiophene rings is 1. The lowest BCUT2D eigenvalue weighted by Gasteiger charge is -2.13. The zero-order chi connectivity index (χ0) is 17.9. The van der Waals surface area contributed by atoms with Gasteiger partial charge in [-0.1, -0.05) is 30.3 Å². The Kier molecular flexibility index (Phi) is 4.91. The molecule has 0 saturated carbocycles. The molecule has 0 amide bonds. The Morgan fingerprint density at radius 1 is 1.15 bits per heavy atom. The van der Waals surface area contributed by atoms with Crippen molar-refractivity contribution in [2.75, 3.05) is 12.4 Å². The van der Waals surface area contributed by atoms with Crippen LogP contribution in [0.1, 0.15) is 18.9 Å². The summed E-state index contributed by atoms with van der Waals surface area (Å²) in [5, 5.41) is 7.11. The summed E-state index contributed by atoms with van der Waals surface area (Å²) in [6.07, 6.45) is 1.18. The molecule has 1 unspecified atom stereocenters. The van der Waals surface area contributed by atoms with Crippen LogP contribution in [-0.2, 0) is 17.8 Å². The second-order valence-electron chi connectivity index (χ2n) is 6.52. The number of aryl methyl sites for hydroxylation is 1. The monoisotopic (exact) mass is 365 g/mol. The fraction of sp³-hybridized carbons (Fsp3) is 0.286. The molecule has 2 heterocycles. The van der Waals surface area contributed by atoms with E-state index in [4.69, 9.17) is 9.72 Å². The summed E-state index contributed by atoms with van der Waals surface area (Å²) in [6, 6.07) is 16.8. The Balaban J connectivity index is 1.60. The quantitative estimate of drug-likeness (QED) is 0.484. The van der Waals surface area contributed by atoms with Gasteiger partial charge in [-0.2, -0.15) is 0 Å². The van der Waals surface area contributed by atoms with Crippen molar-refractivity contribution in [2.24, 2.45) is 0 Å². The Bertz CT molecular complexity index is 1020. The molecule has 1 N–H and O–H groups in total. The van der Waals surface area contributed by atoms with Crippen molar-refractivity contribution in [1.82, 2.24) is 9.55 Å². The minimum absolute atomic E-state index is 0.227. The third-order valence-corrected chi connectivity index (χ3v) is 5.83. The first kappa shape index (κ1) is 17.1. The standard InChI is InChI=1S/C21H23N3OS/c1-15(25-2)11-12-24-19-9-5-4-8-18(19)23-21(24)22-13-16-14-26-20-10-6-3-7-17(16)20/h3-10,14-15H,11-13H2,1-2H3,(H,22,23). The smallest absolute Gasteiger partial charge is 0.204 e. The van der Waals surface area contributed by atoms with Crippen molar-refractivity contribution >= 4 is 38.4 Å². The van der Waals surface area contributed by atoms with Crippen LogP contribution in [0.25, 0.3) is 21.1 Å². The van der Waals surface area contributed by atoms with Crippen LogP contribution in [0.5, 0.6) is 0 Å². The molecule has 4 nitrogen and oxygen atoms in total. The molecular formula is C21H23N3OS.